The summed E-state index contributed by atoms with van der Waals surface area (Å²) in [6, 6.07) is 16.2. The predicted octanol–water partition coefficient (Wildman–Crippen LogP) is 4.53. The summed E-state index contributed by atoms with van der Waals surface area (Å²) >= 11 is 0. The number of fused-ring (bicyclic) bond motifs is 1. The zero-order valence-electron chi connectivity index (χ0n) is 18.3. The Kier molecular flexibility index (Phi) is 5.70. The third-order valence-electron chi connectivity index (χ3n) is 7.14. The van der Waals surface area contributed by atoms with Gasteiger partial charge in [0.15, 0.2) is 0 Å². The van der Waals surface area contributed by atoms with E-state index < -0.39 is 0 Å². The molecular weight excluding hydrogens is 372 g/mol. The monoisotopic (exact) mass is 406 g/mol. The molecule has 2 aliphatic heterocycles. The van der Waals surface area contributed by atoms with E-state index in [4.69, 9.17) is 9.47 Å². The highest BCUT2D eigenvalue weighted by Gasteiger charge is 2.32. The van der Waals surface area contributed by atoms with Gasteiger partial charge in [-0.2, -0.15) is 0 Å². The van der Waals surface area contributed by atoms with E-state index in [0.717, 1.165) is 37.2 Å². The fraction of sp³-hybridized carbons (Fsp3) is 0.538. The van der Waals surface area contributed by atoms with Crippen LogP contribution in [0.15, 0.2) is 42.5 Å². The van der Waals surface area contributed by atoms with Crippen LogP contribution in [0.5, 0.6) is 11.5 Å². The summed E-state index contributed by atoms with van der Waals surface area (Å²) < 4.78 is 11.6. The minimum atomic E-state index is 0.394. The first-order valence-electron chi connectivity index (χ1n) is 11.5. The standard InChI is InChI=1S/C26H34N2O2/c1-27-16-21-15-24(30-18-19-11-13-28(14-12-19)22-5-6-22)9-10-25(21)26(17-27)20-3-7-23(29-2)8-4-20/h3-4,7-10,15,19,22,26H,5-6,11-14,16-18H2,1-2H3. The molecule has 1 atom stereocenters. The second-order valence-electron chi connectivity index (χ2n) is 9.40. The van der Waals surface area contributed by atoms with Crippen LogP contribution >= 0.6 is 0 Å². The van der Waals surface area contributed by atoms with Gasteiger partial charge in [-0.25, -0.2) is 0 Å². The van der Waals surface area contributed by atoms with E-state index in [0.29, 0.717) is 11.8 Å². The van der Waals surface area contributed by atoms with E-state index in [-0.39, 0.29) is 0 Å². The molecule has 0 spiro atoms. The maximum absolute atomic E-state index is 6.28. The number of nitrogens with zero attached hydrogens (tertiary/aromatic N) is 2. The molecular formula is C26H34N2O2. The van der Waals surface area contributed by atoms with Crippen molar-refractivity contribution in [3.05, 3.63) is 59.2 Å². The molecule has 2 fully saturated rings. The van der Waals surface area contributed by atoms with Crippen molar-refractivity contribution in [3.8, 4) is 11.5 Å². The Morgan fingerprint density at radius 1 is 0.933 bits per heavy atom. The lowest BCUT2D eigenvalue weighted by Crippen LogP contribution is -2.36. The topological polar surface area (TPSA) is 24.9 Å². The van der Waals surface area contributed by atoms with Gasteiger partial charge in [0.05, 0.1) is 13.7 Å². The summed E-state index contributed by atoms with van der Waals surface area (Å²) in [7, 11) is 3.93. The molecule has 3 aliphatic rings. The highest BCUT2D eigenvalue weighted by Crippen LogP contribution is 2.36. The van der Waals surface area contributed by atoms with E-state index >= 15 is 0 Å². The molecule has 0 N–H and O–H groups in total. The summed E-state index contributed by atoms with van der Waals surface area (Å²) in [5.74, 6) is 3.04. The molecule has 4 nitrogen and oxygen atoms in total. The molecule has 30 heavy (non-hydrogen) atoms. The Balaban J connectivity index is 1.25. The van der Waals surface area contributed by atoms with Crippen molar-refractivity contribution in [1.82, 2.24) is 9.80 Å². The number of benzene rings is 2. The third-order valence-corrected chi connectivity index (χ3v) is 7.14. The Hall–Kier alpha value is -2.04. The van der Waals surface area contributed by atoms with Crippen LogP contribution < -0.4 is 9.47 Å². The maximum Gasteiger partial charge on any atom is 0.119 e. The first-order valence-corrected chi connectivity index (χ1v) is 11.5. The molecule has 2 heterocycles. The summed E-state index contributed by atoms with van der Waals surface area (Å²) in [5, 5.41) is 0. The molecule has 2 aromatic rings. The summed E-state index contributed by atoms with van der Waals surface area (Å²) in [5.41, 5.74) is 4.17. The third kappa shape index (κ3) is 4.35. The Bertz CT molecular complexity index is 854. The molecule has 0 radical (unpaired) electrons. The normalized spacial score (nSPS) is 23.2. The van der Waals surface area contributed by atoms with Crippen LogP contribution in [0.4, 0.5) is 0 Å². The lowest BCUT2D eigenvalue weighted by atomic mass is 9.84. The van der Waals surface area contributed by atoms with E-state index in [1.807, 2.05) is 0 Å². The molecule has 2 aromatic carbocycles. The number of piperidine rings is 1. The molecule has 4 heteroatoms. The highest BCUT2D eigenvalue weighted by molar-refractivity contribution is 5.45. The number of methoxy groups -OCH3 is 1. The van der Waals surface area contributed by atoms with Crippen LogP contribution in [0.3, 0.4) is 0 Å². The fourth-order valence-corrected chi connectivity index (χ4v) is 5.17. The lowest BCUT2D eigenvalue weighted by Gasteiger charge is -2.33. The van der Waals surface area contributed by atoms with Crippen LogP contribution in [0.1, 0.15) is 48.3 Å². The van der Waals surface area contributed by atoms with Crippen molar-refractivity contribution in [2.75, 3.05) is 40.4 Å². The van der Waals surface area contributed by atoms with Crippen molar-refractivity contribution < 1.29 is 9.47 Å². The molecule has 0 bridgehead atoms. The zero-order valence-corrected chi connectivity index (χ0v) is 18.3. The molecule has 1 saturated heterocycles. The van der Waals surface area contributed by atoms with Gasteiger partial charge in [0.25, 0.3) is 0 Å². The minimum absolute atomic E-state index is 0.394. The smallest absolute Gasteiger partial charge is 0.119 e. The van der Waals surface area contributed by atoms with Gasteiger partial charge >= 0.3 is 0 Å². The Morgan fingerprint density at radius 2 is 1.67 bits per heavy atom. The summed E-state index contributed by atoms with van der Waals surface area (Å²) in [6.07, 6.45) is 5.40. The van der Waals surface area contributed by atoms with Crippen LogP contribution in [0, 0.1) is 5.92 Å². The molecule has 160 valence electrons. The van der Waals surface area contributed by atoms with Crippen molar-refractivity contribution in [1.29, 1.82) is 0 Å². The van der Waals surface area contributed by atoms with Crippen LogP contribution in [-0.4, -0.2) is 56.2 Å². The van der Waals surface area contributed by atoms with Gasteiger partial charge in [0, 0.05) is 25.0 Å². The minimum Gasteiger partial charge on any atom is -0.497 e. The molecule has 1 unspecified atom stereocenters. The van der Waals surface area contributed by atoms with Gasteiger partial charge in [-0.1, -0.05) is 18.2 Å². The van der Waals surface area contributed by atoms with Crippen molar-refractivity contribution in [3.63, 3.8) is 0 Å². The maximum atomic E-state index is 6.28. The number of ether oxygens (including phenoxy) is 2. The van der Waals surface area contributed by atoms with E-state index in [9.17, 15) is 0 Å². The van der Waals surface area contributed by atoms with Gasteiger partial charge in [0.1, 0.15) is 11.5 Å². The number of hydrogen-bond acceptors (Lipinski definition) is 4. The SMILES string of the molecule is COc1ccc(C2CN(C)Cc3cc(OCC4CCN(C5CC5)CC4)ccc32)cc1. The van der Waals surface area contributed by atoms with Gasteiger partial charge < -0.3 is 19.3 Å². The summed E-state index contributed by atoms with van der Waals surface area (Å²) in [6.45, 7) is 5.40. The van der Waals surface area contributed by atoms with Crippen molar-refractivity contribution in [2.45, 2.75) is 44.2 Å². The van der Waals surface area contributed by atoms with E-state index in [2.05, 4.69) is 59.3 Å². The number of likely N-dealkylation sites (N-methyl/N-ethyl adjacent to an activating group) is 1. The number of hydrogen-bond donors (Lipinski definition) is 0. The van der Waals surface area contributed by atoms with Gasteiger partial charge in [-0.15, -0.1) is 0 Å². The first-order chi connectivity index (χ1) is 14.7. The second kappa shape index (κ2) is 8.60. The lowest BCUT2D eigenvalue weighted by molar-refractivity contribution is 0.136. The van der Waals surface area contributed by atoms with E-state index in [1.54, 1.807) is 7.11 Å². The summed E-state index contributed by atoms with van der Waals surface area (Å²) in [4.78, 5) is 5.10. The van der Waals surface area contributed by atoms with Gasteiger partial charge in [0.2, 0.25) is 0 Å². The highest BCUT2D eigenvalue weighted by atomic mass is 16.5. The largest absolute Gasteiger partial charge is 0.497 e. The fourth-order valence-electron chi connectivity index (χ4n) is 5.17. The molecule has 5 rings (SSSR count). The van der Waals surface area contributed by atoms with E-state index in [1.165, 1.54) is 55.5 Å². The van der Waals surface area contributed by atoms with Crippen LogP contribution in [0.2, 0.25) is 0 Å². The van der Waals surface area contributed by atoms with Gasteiger partial charge in [-0.3, -0.25) is 0 Å². The molecule has 0 aromatic heterocycles. The van der Waals surface area contributed by atoms with Gasteiger partial charge in [-0.05, 0) is 92.7 Å². The predicted molar refractivity (Wildman–Crippen MR) is 120 cm³/mol. The Labute approximate surface area is 180 Å². The Morgan fingerprint density at radius 3 is 2.37 bits per heavy atom. The second-order valence-corrected chi connectivity index (χ2v) is 9.40. The average molecular weight is 407 g/mol. The molecule has 0 amide bonds. The van der Waals surface area contributed by atoms with Crippen LogP contribution in [-0.2, 0) is 6.54 Å². The quantitative estimate of drug-likeness (QED) is 0.704. The molecule has 1 saturated carbocycles. The zero-order chi connectivity index (χ0) is 20.5. The molecule has 1 aliphatic carbocycles. The van der Waals surface area contributed by atoms with Crippen molar-refractivity contribution in [2.24, 2.45) is 5.92 Å². The average Bonchev–Trinajstić information content (AvgIpc) is 3.63. The van der Waals surface area contributed by atoms with Crippen LogP contribution in [0.25, 0.3) is 0 Å². The number of likely N-dealkylation sites (tertiary alicyclic amines) is 1. The van der Waals surface area contributed by atoms with Crippen molar-refractivity contribution >= 4 is 0 Å². The first kappa shape index (κ1) is 19.9. The number of rotatable bonds is 6.